The number of carbonyl (C=O) groups is 2. The minimum absolute atomic E-state index is 0.208. The van der Waals surface area contributed by atoms with Crippen LogP contribution < -0.4 is 15.2 Å². The number of benzene rings is 2. The first-order valence-corrected chi connectivity index (χ1v) is 8.82. The van der Waals surface area contributed by atoms with Crippen molar-refractivity contribution in [2.75, 3.05) is 13.7 Å². The van der Waals surface area contributed by atoms with Gasteiger partial charge in [0.05, 0.1) is 23.8 Å². The molecule has 1 unspecified atom stereocenters. The summed E-state index contributed by atoms with van der Waals surface area (Å²) in [5.41, 5.74) is 6.10. The van der Waals surface area contributed by atoms with Crippen LogP contribution in [-0.2, 0) is 9.53 Å². The SMILES string of the molecule is CCCOc1c(Br)cc(C(=O)OC(C(N)=O)c2ccccc2)cc1OC. The van der Waals surface area contributed by atoms with Crippen molar-refractivity contribution in [3.8, 4) is 11.5 Å². The summed E-state index contributed by atoms with van der Waals surface area (Å²) >= 11 is 3.37. The molecule has 1 amide bonds. The maximum Gasteiger partial charge on any atom is 0.339 e. The first-order valence-electron chi connectivity index (χ1n) is 8.03. The Morgan fingerprint density at radius 2 is 1.88 bits per heavy atom. The summed E-state index contributed by atoms with van der Waals surface area (Å²) in [4.78, 5) is 24.3. The molecule has 26 heavy (non-hydrogen) atoms. The van der Waals surface area contributed by atoms with Gasteiger partial charge in [-0.1, -0.05) is 37.3 Å². The third kappa shape index (κ3) is 4.76. The molecule has 0 aromatic heterocycles. The number of hydrogen-bond donors (Lipinski definition) is 1. The summed E-state index contributed by atoms with van der Waals surface area (Å²) in [7, 11) is 1.48. The summed E-state index contributed by atoms with van der Waals surface area (Å²) in [5, 5.41) is 0. The summed E-state index contributed by atoms with van der Waals surface area (Å²) in [6.07, 6.45) is -0.346. The van der Waals surface area contributed by atoms with Gasteiger partial charge in [-0.15, -0.1) is 0 Å². The van der Waals surface area contributed by atoms with Crippen LogP contribution in [0, 0.1) is 0 Å². The lowest BCUT2D eigenvalue weighted by Gasteiger charge is -2.17. The van der Waals surface area contributed by atoms with Gasteiger partial charge < -0.3 is 19.9 Å². The topological polar surface area (TPSA) is 87.9 Å². The van der Waals surface area contributed by atoms with Crippen LogP contribution in [0.5, 0.6) is 11.5 Å². The van der Waals surface area contributed by atoms with E-state index in [2.05, 4.69) is 15.9 Å². The molecule has 0 radical (unpaired) electrons. The third-order valence-corrected chi connectivity index (χ3v) is 4.09. The molecule has 0 aliphatic carbocycles. The first-order chi connectivity index (χ1) is 12.5. The standard InChI is InChI=1S/C19H20BrNO5/c1-3-9-25-17-14(20)10-13(11-15(17)24-2)19(23)26-16(18(21)22)12-7-5-4-6-8-12/h4-8,10-11,16H,3,9H2,1-2H3,(H2,21,22). The fourth-order valence-electron chi connectivity index (χ4n) is 2.28. The van der Waals surface area contributed by atoms with Crippen LogP contribution in [0.25, 0.3) is 0 Å². The normalized spacial score (nSPS) is 11.5. The van der Waals surface area contributed by atoms with Crippen molar-refractivity contribution < 1.29 is 23.8 Å². The number of esters is 1. The second kappa shape index (κ2) is 9.24. The molecule has 0 heterocycles. The number of nitrogens with two attached hydrogens (primary N) is 1. The van der Waals surface area contributed by atoms with Crippen LogP contribution in [0.1, 0.15) is 35.4 Å². The zero-order valence-electron chi connectivity index (χ0n) is 14.5. The average Bonchev–Trinajstić information content (AvgIpc) is 2.64. The number of methoxy groups -OCH3 is 1. The number of hydrogen-bond acceptors (Lipinski definition) is 5. The van der Waals surface area contributed by atoms with E-state index in [1.807, 2.05) is 6.92 Å². The Bertz CT molecular complexity index is 779. The number of carbonyl (C=O) groups excluding carboxylic acids is 2. The highest BCUT2D eigenvalue weighted by atomic mass is 79.9. The molecule has 2 aromatic carbocycles. The fourth-order valence-corrected chi connectivity index (χ4v) is 2.83. The van der Waals surface area contributed by atoms with Crippen molar-refractivity contribution in [1.29, 1.82) is 0 Å². The van der Waals surface area contributed by atoms with E-state index in [9.17, 15) is 9.59 Å². The molecule has 0 saturated heterocycles. The number of amides is 1. The minimum atomic E-state index is -1.18. The molecule has 6 nitrogen and oxygen atoms in total. The Hall–Kier alpha value is -2.54. The molecule has 138 valence electrons. The van der Waals surface area contributed by atoms with Gasteiger partial charge in [0.2, 0.25) is 6.10 Å². The van der Waals surface area contributed by atoms with Crippen LogP contribution in [-0.4, -0.2) is 25.6 Å². The highest BCUT2D eigenvalue weighted by Crippen LogP contribution is 2.37. The van der Waals surface area contributed by atoms with Crippen LogP contribution >= 0.6 is 15.9 Å². The Balaban J connectivity index is 2.28. The molecule has 0 fully saturated rings. The zero-order valence-corrected chi connectivity index (χ0v) is 16.1. The molecule has 1 atom stereocenters. The lowest BCUT2D eigenvalue weighted by molar-refractivity contribution is -0.127. The van der Waals surface area contributed by atoms with E-state index in [1.165, 1.54) is 13.2 Å². The molecule has 7 heteroatoms. The van der Waals surface area contributed by atoms with Crippen molar-refractivity contribution in [2.24, 2.45) is 5.73 Å². The van der Waals surface area contributed by atoms with E-state index in [4.69, 9.17) is 19.9 Å². The van der Waals surface area contributed by atoms with Gasteiger partial charge in [0.15, 0.2) is 11.5 Å². The lowest BCUT2D eigenvalue weighted by atomic mass is 10.1. The number of rotatable bonds is 8. The van der Waals surface area contributed by atoms with Crippen molar-refractivity contribution in [1.82, 2.24) is 0 Å². The molecule has 2 rings (SSSR count). The van der Waals surface area contributed by atoms with E-state index in [1.54, 1.807) is 36.4 Å². The van der Waals surface area contributed by atoms with Crippen LogP contribution in [0.3, 0.4) is 0 Å². The predicted octanol–water partition coefficient (Wildman–Crippen LogP) is 3.63. The Morgan fingerprint density at radius 3 is 2.46 bits per heavy atom. The Labute approximate surface area is 160 Å². The highest BCUT2D eigenvalue weighted by Gasteiger charge is 2.24. The summed E-state index contributed by atoms with van der Waals surface area (Å²) in [5.74, 6) is -0.562. The fraction of sp³-hybridized carbons (Fsp3) is 0.263. The number of halogens is 1. The van der Waals surface area contributed by atoms with Gasteiger partial charge in [-0.25, -0.2) is 4.79 Å². The average molecular weight is 422 g/mol. The maximum atomic E-state index is 12.5. The van der Waals surface area contributed by atoms with Crippen molar-refractivity contribution in [2.45, 2.75) is 19.4 Å². The second-order valence-electron chi connectivity index (χ2n) is 5.44. The molecule has 0 bridgehead atoms. The number of ether oxygens (including phenoxy) is 3. The largest absolute Gasteiger partial charge is 0.493 e. The molecular formula is C19H20BrNO5. The van der Waals surface area contributed by atoms with E-state index >= 15 is 0 Å². The van der Waals surface area contributed by atoms with E-state index in [-0.39, 0.29) is 5.56 Å². The van der Waals surface area contributed by atoms with E-state index in [0.29, 0.717) is 28.1 Å². The first kappa shape index (κ1) is 19.8. The highest BCUT2D eigenvalue weighted by molar-refractivity contribution is 9.10. The molecule has 0 spiro atoms. The summed E-state index contributed by atoms with van der Waals surface area (Å²) in [6.45, 7) is 2.50. The minimum Gasteiger partial charge on any atom is -0.493 e. The molecule has 2 N–H and O–H groups in total. The monoisotopic (exact) mass is 421 g/mol. The smallest absolute Gasteiger partial charge is 0.339 e. The van der Waals surface area contributed by atoms with Crippen LogP contribution in [0.4, 0.5) is 0 Å². The summed E-state index contributed by atoms with van der Waals surface area (Å²) < 4.78 is 16.8. The van der Waals surface area contributed by atoms with Gasteiger partial charge in [-0.3, -0.25) is 4.79 Å². The van der Waals surface area contributed by atoms with E-state index < -0.39 is 18.0 Å². The Kier molecular flexibility index (Phi) is 7.03. The zero-order chi connectivity index (χ0) is 19.1. The van der Waals surface area contributed by atoms with Crippen molar-refractivity contribution in [3.63, 3.8) is 0 Å². The molecule has 0 aliphatic rings. The van der Waals surface area contributed by atoms with Crippen LogP contribution in [0.15, 0.2) is 46.9 Å². The lowest BCUT2D eigenvalue weighted by Crippen LogP contribution is -2.26. The number of primary amides is 1. The van der Waals surface area contributed by atoms with Gasteiger partial charge in [0.1, 0.15) is 0 Å². The van der Waals surface area contributed by atoms with E-state index in [0.717, 1.165) is 6.42 Å². The van der Waals surface area contributed by atoms with Crippen molar-refractivity contribution >= 4 is 27.8 Å². The van der Waals surface area contributed by atoms with Gasteiger partial charge in [-0.2, -0.15) is 0 Å². The molecule has 2 aromatic rings. The van der Waals surface area contributed by atoms with Gasteiger partial charge in [-0.05, 0) is 34.5 Å². The van der Waals surface area contributed by atoms with Gasteiger partial charge in [0, 0.05) is 5.56 Å². The molecular weight excluding hydrogens is 402 g/mol. The Morgan fingerprint density at radius 1 is 1.19 bits per heavy atom. The maximum absolute atomic E-state index is 12.5. The van der Waals surface area contributed by atoms with Gasteiger partial charge in [0.25, 0.3) is 5.91 Å². The third-order valence-electron chi connectivity index (χ3n) is 3.50. The summed E-state index contributed by atoms with van der Waals surface area (Å²) in [6, 6.07) is 11.7. The van der Waals surface area contributed by atoms with Crippen molar-refractivity contribution in [3.05, 3.63) is 58.1 Å². The van der Waals surface area contributed by atoms with Gasteiger partial charge >= 0.3 is 5.97 Å². The van der Waals surface area contributed by atoms with Crippen LogP contribution in [0.2, 0.25) is 0 Å². The molecule has 0 aliphatic heterocycles. The predicted molar refractivity (Wildman–Crippen MR) is 100 cm³/mol. The molecule has 0 saturated carbocycles. The quantitative estimate of drug-likeness (QED) is 0.657. The second-order valence-corrected chi connectivity index (χ2v) is 6.29.